The Bertz CT molecular complexity index is 1590. The van der Waals surface area contributed by atoms with E-state index < -0.39 is 14.1 Å². The van der Waals surface area contributed by atoms with E-state index >= 15 is 0 Å². The SMILES string of the molecule is Cc1nn(COCC[Si](C)(C)C)c(C)c1-c1ccc(NC(=O)C(NC(=O)c2ccnn2C)C(c2ccccc2)C2CC2)cc1.[HH]. The number of hydrogen-bond donors (Lipinski definition) is 2. The van der Waals surface area contributed by atoms with Gasteiger partial charge in [-0.25, -0.2) is 4.68 Å². The quantitative estimate of drug-likeness (QED) is 0.134. The van der Waals surface area contributed by atoms with Gasteiger partial charge < -0.3 is 15.4 Å². The highest BCUT2D eigenvalue weighted by Gasteiger charge is 2.42. The summed E-state index contributed by atoms with van der Waals surface area (Å²) in [5, 5.41) is 15.0. The number of nitrogens with zero attached hydrogens (tertiary/aromatic N) is 4. The van der Waals surface area contributed by atoms with Crippen LogP contribution in [0.5, 0.6) is 0 Å². The van der Waals surface area contributed by atoms with Crippen molar-refractivity contribution in [3.05, 3.63) is 89.5 Å². The number of rotatable bonds is 13. The molecule has 2 aromatic heterocycles. The van der Waals surface area contributed by atoms with Crippen molar-refractivity contribution in [3.63, 3.8) is 0 Å². The standard InChI is InChI=1S/C34H44N6O3Si.H2/c1-23-30(24(2)40(38-23)22-43-20-21-44(4,5)6)26-14-16-28(17-15-26)36-34(42)32(37-33(41)29-18-19-35-39(29)3)31(27-12-13-27)25-10-8-7-9-11-25;/h7-11,14-19,27,31-32H,12-13,20-22H2,1-6H3,(H,36,42)(H,37,41);1H. The first-order chi connectivity index (χ1) is 21.0. The third kappa shape index (κ3) is 7.54. The summed E-state index contributed by atoms with van der Waals surface area (Å²) in [7, 11) is 0.568. The lowest BCUT2D eigenvalue weighted by Crippen LogP contribution is -2.48. The summed E-state index contributed by atoms with van der Waals surface area (Å²) in [6.07, 6.45) is 3.63. The molecule has 2 atom stereocenters. The molecule has 5 rings (SSSR count). The van der Waals surface area contributed by atoms with E-state index in [1.54, 1.807) is 19.3 Å². The first-order valence-electron chi connectivity index (χ1n) is 15.4. The van der Waals surface area contributed by atoms with Crippen molar-refractivity contribution in [2.45, 2.75) is 71.1 Å². The van der Waals surface area contributed by atoms with Gasteiger partial charge in [-0.05, 0) is 68.0 Å². The molecule has 2 N–H and O–H groups in total. The lowest BCUT2D eigenvalue weighted by molar-refractivity contribution is -0.118. The second-order valence-electron chi connectivity index (χ2n) is 13.0. The van der Waals surface area contributed by atoms with Gasteiger partial charge >= 0.3 is 0 Å². The van der Waals surface area contributed by atoms with E-state index in [4.69, 9.17) is 9.84 Å². The number of anilines is 1. The van der Waals surface area contributed by atoms with Gasteiger partial charge in [0.05, 0.1) is 5.69 Å². The third-order valence-corrected chi connectivity index (χ3v) is 10.0. The van der Waals surface area contributed by atoms with Crippen LogP contribution in [0.25, 0.3) is 11.1 Å². The number of benzene rings is 2. The molecule has 4 aromatic rings. The Labute approximate surface area is 262 Å². The molecule has 1 aliphatic rings. The highest BCUT2D eigenvalue weighted by atomic mass is 28.3. The zero-order valence-corrected chi connectivity index (χ0v) is 27.6. The molecule has 2 heterocycles. The van der Waals surface area contributed by atoms with Crippen LogP contribution in [0.3, 0.4) is 0 Å². The second-order valence-corrected chi connectivity index (χ2v) is 18.6. The molecule has 1 saturated carbocycles. The molecule has 0 saturated heterocycles. The van der Waals surface area contributed by atoms with Crippen molar-refractivity contribution in [3.8, 4) is 11.1 Å². The number of aryl methyl sites for hydroxylation is 2. The molecule has 2 unspecified atom stereocenters. The van der Waals surface area contributed by atoms with Gasteiger partial charge in [0, 0.05) is 52.2 Å². The summed E-state index contributed by atoms with van der Waals surface area (Å²) in [6, 6.07) is 19.8. The van der Waals surface area contributed by atoms with Crippen LogP contribution in [0.1, 0.15) is 47.6 Å². The lowest BCUT2D eigenvalue weighted by Gasteiger charge is -2.28. The molecule has 1 fully saturated rings. The zero-order valence-electron chi connectivity index (χ0n) is 26.6. The minimum Gasteiger partial charge on any atom is -0.360 e. The first-order valence-corrected chi connectivity index (χ1v) is 19.1. The summed E-state index contributed by atoms with van der Waals surface area (Å²) in [4.78, 5) is 27.2. The Morgan fingerprint density at radius 1 is 1.05 bits per heavy atom. The molecular weight excluding hydrogens is 568 g/mol. The van der Waals surface area contributed by atoms with Crippen molar-refractivity contribution < 1.29 is 15.8 Å². The highest BCUT2D eigenvalue weighted by molar-refractivity contribution is 6.76. The van der Waals surface area contributed by atoms with E-state index in [0.29, 0.717) is 24.0 Å². The molecule has 9 nitrogen and oxygen atoms in total. The van der Waals surface area contributed by atoms with Crippen LogP contribution in [-0.4, -0.2) is 52.1 Å². The van der Waals surface area contributed by atoms with E-state index in [-0.39, 0.29) is 19.2 Å². The summed E-state index contributed by atoms with van der Waals surface area (Å²) in [5.41, 5.74) is 6.18. The Morgan fingerprint density at radius 3 is 2.36 bits per heavy atom. The summed E-state index contributed by atoms with van der Waals surface area (Å²) < 4.78 is 9.38. The van der Waals surface area contributed by atoms with Crippen molar-refractivity contribution in [1.82, 2.24) is 24.9 Å². The van der Waals surface area contributed by atoms with E-state index in [9.17, 15) is 9.59 Å². The first kappa shape index (κ1) is 31.4. The zero-order chi connectivity index (χ0) is 31.4. The Morgan fingerprint density at radius 2 is 1.75 bits per heavy atom. The number of hydrogen-bond acceptors (Lipinski definition) is 5. The maximum absolute atomic E-state index is 13.9. The molecule has 1 aliphatic carbocycles. The summed E-state index contributed by atoms with van der Waals surface area (Å²) >= 11 is 0. The van der Waals surface area contributed by atoms with Gasteiger partial charge in [0.15, 0.2) is 0 Å². The number of carbonyl (C=O) groups is 2. The molecule has 0 spiro atoms. The van der Waals surface area contributed by atoms with Crippen LogP contribution in [0.4, 0.5) is 5.69 Å². The van der Waals surface area contributed by atoms with E-state index in [0.717, 1.165) is 53.6 Å². The van der Waals surface area contributed by atoms with E-state index in [1.165, 1.54) is 4.68 Å². The van der Waals surface area contributed by atoms with E-state index in [1.807, 2.05) is 66.2 Å². The van der Waals surface area contributed by atoms with Crippen molar-refractivity contribution in [2.24, 2.45) is 13.0 Å². The predicted octanol–water partition coefficient (Wildman–Crippen LogP) is 6.39. The highest BCUT2D eigenvalue weighted by Crippen LogP contribution is 2.45. The molecule has 2 aromatic carbocycles. The fourth-order valence-electron chi connectivity index (χ4n) is 5.71. The van der Waals surface area contributed by atoms with Crippen molar-refractivity contribution >= 4 is 25.6 Å². The van der Waals surface area contributed by atoms with Crippen LogP contribution in [0.2, 0.25) is 25.7 Å². The maximum Gasteiger partial charge on any atom is 0.270 e. The Hall–Kier alpha value is -4.02. The molecule has 44 heavy (non-hydrogen) atoms. The van der Waals surface area contributed by atoms with Crippen LogP contribution in [0, 0.1) is 19.8 Å². The van der Waals surface area contributed by atoms with Gasteiger partial charge in [-0.3, -0.25) is 14.3 Å². The molecule has 2 amide bonds. The average molecular weight is 615 g/mol. The van der Waals surface area contributed by atoms with Gasteiger partial charge in [-0.2, -0.15) is 10.2 Å². The fraction of sp³-hybridized carbons (Fsp3) is 0.412. The van der Waals surface area contributed by atoms with Crippen molar-refractivity contribution in [1.29, 1.82) is 0 Å². The van der Waals surface area contributed by atoms with Gasteiger partial charge in [0.25, 0.3) is 5.91 Å². The predicted molar refractivity (Wildman–Crippen MR) is 178 cm³/mol. The molecule has 234 valence electrons. The van der Waals surface area contributed by atoms with Gasteiger partial charge in [-0.1, -0.05) is 62.1 Å². The molecule has 10 heteroatoms. The molecule has 0 radical (unpaired) electrons. The lowest BCUT2D eigenvalue weighted by atomic mass is 9.86. The van der Waals surface area contributed by atoms with Crippen LogP contribution < -0.4 is 10.6 Å². The number of ether oxygens (including phenoxy) is 1. The maximum atomic E-state index is 13.9. The Balaban J connectivity index is 0.00000461. The number of nitrogens with one attached hydrogen (secondary N) is 2. The number of aromatic nitrogens is 4. The number of carbonyl (C=O) groups excluding carboxylic acids is 2. The average Bonchev–Trinajstić information content (AvgIpc) is 3.66. The van der Waals surface area contributed by atoms with Gasteiger partial charge in [0.1, 0.15) is 18.5 Å². The van der Waals surface area contributed by atoms with Crippen molar-refractivity contribution in [2.75, 3.05) is 11.9 Å². The third-order valence-electron chi connectivity index (χ3n) is 8.33. The van der Waals surface area contributed by atoms with Gasteiger partial charge in [0.2, 0.25) is 5.91 Å². The topological polar surface area (TPSA) is 103 Å². The second kappa shape index (κ2) is 13.3. The van der Waals surface area contributed by atoms with Gasteiger partial charge in [-0.15, -0.1) is 0 Å². The minimum absolute atomic E-state index is 0. The van der Waals surface area contributed by atoms with Crippen LogP contribution in [-0.2, 0) is 23.3 Å². The largest absolute Gasteiger partial charge is 0.360 e. The summed E-state index contributed by atoms with van der Waals surface area (Å²) in [6.45, 7) is 12.3. The molecule has 0 aliphatic heterocycles. The van der Waals surface area contributed by atoms with Crippen LogP contribution >= 0.6 is 0 Å². The Kier molecular flexibility index (Phi) is 9.50. The molecule has 0 bridgehead atoms. The number of amides is 2. The molecular formula is C34H46N6O3Si. The minimum atomic E-state index is -1.15. The van der Waals surface area contributed by atoms with Crippen LogP contribution in [0.15, 0.2) is 66.9 Å². The monoisotopic (exact) mass is 614 g/mol. The fourth-order valence-corrected chi connectivity index (χ4v) is 6.46. The summed E-state index contributed by atoms with van der Waals surface area (Å²) in [5.74, 6) is -0.389. The van der Waals surface area contributed by atoms with E-state index in [2.05, 4.69) is 42.3 Å². The smallest absolute Gasteiger partial charge is 0.270 e. The normalized spacial score (nSPS) is 14.7.